The van der Waals surface area contributed by atoms with Crippen molar-refractivity contribution in [2.24, 2.45) is 0 Å². The molecule has 0 aliphatic heterocycles. The predicted molar refractivity (Wildman–Crippen MR) is 140 cm³/mol. The molecular weight excluding hydrogens is 426 g/mol. The molecule has 4 atom stereocenters. The van der Waals surface area contributed by atoms with Crippen LogP contribution in [0.3, 0.4) is 0 Å². The first-order valence-corrected chi connectivity index (χ1v) is 12.5. The fourth-order valence-corrected chi connectivity index (χ4v) is 5.77. The number of hydrogen-bond donors (Lipinski definition) is 0. The van der Waals surface area contributed by atoms with Gasteiger partial charge in [-0.1, -0.05) is 144 Å². The smallest absolute Gasteiger partial charge is 0.650 e. The number of hydrogen-bond acceptors (Lipinski definition) is 0. The Morgan fingerprint density at radius 3 is 1.25 bits per heavy atom. The molecule has 0 heterocycles. The van der Waals surface area contributed by atoms with Gasteiger partial charge in [-0.05, 0) is 24.0 Å². The summed E-state index contributed by atoms with van der Waals surface area (Å²) >= 11 is 0. The third-order valence-corrected chi connectivity index (χ3v) is 7.46. The van der Waals surface area contributed by atoms with E-state index >= 15 is 0 Å². The van der Waals surface area contributed by atoms with Crippen LogP contribution in [0, 0.1) is 0 Å². The molecule has 2 aliphatic carbocycles. The second-order valence-corrected chi connectivity index (χ2v) is 9.52. The maximum absolute atomic E-state index is 5.57. The van der Waals surface area contributed by atoms with Gasteiger partial charge >= 0.3 is 37.7 Å². The minimum Gasteiger partial charge on any atom is -0.650 e. The fraction of sp³-hybridized carbons (Fsp3) is 0.250. The Morgan fingerprint density at radius 2 is 0.833 bits per heavy atom. The molecule has 0 amide bonds. The number of rotatable bonds is 7. The normalized spacial score (nSPS) is 19.3. The molecule has 36 heavy (non-hydrogen) atoms. The summed E-state index contributed by atoms with van der Waals surface area (Å²) in [7, 11) is 0. The van der Waals surface area contributed by atoms with Crippen LogP contribution in [0.2, 0.25) is 0 Å². The summed E-state index contributed by atoms with van der Waals surface area (Å²) in [6.07, 6.45) is 4.37. The van der Waals surface area contributed by atoms with Crippen LogP contribution < -0.4 is 37.7 Å². The largest absolute Gasteiger partial charge is 1.00 e. The molecule has 0 saturated carbocycles. The first kappa shape index (κ1) is 27.0. The number of nitrogens with zero attached hydrogens (tertiary/aromatic N) is 2. The van der Waals surface area contributed by atoms with E-state index in [2.05, 4.69) is 109 Å². The van der Waals surface area contributed by atoms with Gasteiger partial charge in [0.25, 0.3) is 0 Å². The molecule has 0 saturated heterocycles. The van der Waals surface area contributed by atoms with Crippen molar-refractivity contribution in [3.63, 3.8) is 0 Å². The Kier molecular flexibility index (Phi) is 9.38. The van der Waals surface area contributed by atoms with E-state index in [0.29, 0.717) is 0 Å². The molecule has 4 aromatic rings. The quantitative estimate of drug-likeness (QED) is 0.383. The molecule has 0 aromatic heterocycles. The summed E-state index contributed by atoms with van der Waals surface area (Å²) in [5.41, 5.74) is 8.16. The summed E-state index contributed by atoms with van der Waals surface area (Å²) < 4.78 is 0. The second kappa shape index (κ2) is 12.5. The summed E-state index contributed by atoms with van der Waals surface area (Å²) in [4.78, 5) is 0. The van der Waals surface area contributed by atoms with Gasteiger partial charge in [0, 0.05) is 0 Å². The Balaban J connectivity index is 0.00000152. The molecule has 170 valence electrons. The molecular formula is C32H30Li2N2. The topological polar surface area (TPSA) is 28.2 Å². The van der Waals surface area contributed by atoms with Gasteiger partial charge in [0.05, 0.1) is 0 Å². The number of fused-ring (bicyclic) bond motifs is 2. The van der Waals surface area contributed by atoms with Crippen molar-refractivity contribution in [2.45, 2.75) is 49.9 Å². The maximum Gasteiger partial charge on any atom is 1.00 e. The first-order valence-electron chi connectivity index (χ1n) is 12.5. The first-order chi connectivity index (χ1) is 16.9. The van der Waals surface area contributed by atoms with E-state index in [4.69, 9.17) is 10.6 Å². The van der Waals surface area contributed by atoms with Crippen LogP contribution in [0.5, 0.6) is 0 Å². The molecule has 0 bridgehead atoms. The second-order valence-electron chi connectivity index (χ2n) is 9.52. The third-order valence-electron chi connectivity index (χ3n) is 7.46. The van der Waals surface area contributed by atoms with Gasteiger partial charge < -0.3 is 10.6 Å². The van der Waals surface area contributed by atoms with Crippen molar-refractivity contribution in [1.29, 1.82) is 0 Å². The van der Waals surface area contributed by atoms with E-state index in [1.807, 2.05) is 0 Å². The van der Waals surface area contributed by atoms with Crippen LogP contribution in [0.4, 0.5) is 0 Å². The Hall–Kier alpha value is -2.01. The summed E-state index contributed by atoms with van der Waals surface area (Å²) in [6, 6.07) is 39.7. The number of benzene rings is 4. The van der Waals surface area contributed by atoms with Gasteiger partial charge in [-0.2, -0.15) is 0 Å². The zero-order valence-corrected chi connectivity index (χ0v) is 21.4. The average molecular weight is 456 g/mol. The van der Waals surface area contributed by atoms with Crippen molar-refractivity contribution in [1.82, 2.24) is 0 Å². The van der Waals surface area contributed by atoms with Crippen LogP contribution >= 0.6 is 0 Å². The SMILES string of the molecule is [Li+].[Li+].c1ccc([C@@H]([N-][C@H]2CCc3ccccc32)[C@H]([N-][C@H]2CCc3ccccc32)c2ccccc2)cc1. The van der Waals surface area contributed by atoms with Gasteiger partial charge in [-0.15, -0.1) is 24.2 Å². The van der Waals surface area contributed by atoms with E-state index < -0.39 is 0 Å². The fourth-order valence-electron chi connectivity index (χ4n) is 5.77. The molecule has 0 fully saturated rings. The summed E-state index contributed by atoms with van der Waals surface area (Å²) in [6.45, 7) is 0. The predicted octanol–water partition coefficient (Wildman–Crippen LogP) is 2.60. The van der Waals surface area contributed by atoms with E-state index in [1.54, 1.807) is 0 Å². The van der Waals surface area contributed by atoms with Crippen LogP contribution in [0.15, 0.2) is 109 Å². The van der Waals surface area contributed by atoms with Gasteiger partial charge in [0.2, 0.25) is 0 Å². The van der Waals surface area contributed by atoms with E-state index in [1.165, 1.54) is 33.4 Å². The number of aryl methyl sites for hydroxylation is 2. The molecule has 0 unspecified atom stereocenters. The van der Waals surface area contributed by atoms with Crippen LogP contribution in [0.1, 0.15) is 70.4 Å². The monoisotopic (exact) mass is 456 g/mol. The molecule has 0 spiro atoms. The van der Waals surface area contributed by atoms with Crippen molar-refractivity contribution in [3.05, 3.63) is 153 Å². The van der Waals surface area contributed by atoms with Gasteiger partial charge in [-0.25, -0.2) is 0 Å². The van der Waals surface area contributed by atoms with Gasteiger partial charge in [0.15, 0.2) is 0 Å². The molecule has 4 heteroatoms. The molecule has 0 radical (unpaired) electrons. The maximum atomic E-state index is 5.57. The van der Waals surface area contributed by atoms with Crippen molar-refractivity contribution >= 4 is 0 Å². The van der Waals surface area contributed by atoms with Gasteiger partial charge in [-0.3, -0.25) is 0 Å². The Labute approximate surface area is 239 Å². The third kappa shape index (κ3) is 5.61. The van der Waals surface area contributed by atoms with Crippen LogP contribution in [0.25, 0.3) is 10.6 Å². The van der Waals surface area contributed by atoms with Crippen LogP contribution in [-0.2, 0) is 12.8 Å². The summed E-state index contributed by atoms with van der Waals surface area (Å²) in [5, 5.41) is 11.1. The molecule has 0 N–H and O–H groups in total. The minimum absolute atomic E-state index is 0. The standard InChI is InChI=1S/C32H30N2.2Li/c1-3-13-25(14-4-1)31(33-29-21-19-23-11-7-9-17-27(23)29)32(26-15-5-2-6-16-26)34-30-22-20-24-12-8-10-18-28(24)30;;/h1-18,29-32H,19-22H2;;/q-2;2*+1/t29-,30-,31+,32+;;/m0../s1. The Bertz CT molecular complexity index is 1150. The summed E-state index contributed by atoms with van der Waals surface area (Å²) in [5.74, 6) is 0. The molecule has 6 rings (SSSR count). The molecule has 2 nitrogen and oxygen atoms in total. The zero-order valence-electron chi connectivity index (χ0n) is 21.4. The zero-order chi connectivity index (χ0) is 22.7. The van der Waals surface area contributed by atoms with E-state index in [-0.39, 0.29) is 61.9 Å². The van der Waals surface area contributed by atoms with E-state index in [0.717, 1.165) is 25.7 Å². The average Bonchev–Trinajstić information content (AvgIpc) is 3.51. The molecule has 4 aromatic carbocycles. The van der Waals surface area contributed by atoms with Crippen molar-refractivity contribution in [2.75, 3.05) is 0 Å². The van der Waals surface area contributed by atoms with E-state index in [9.17, 15) is 0 Å². The van der Waals surface area contributed by atoms with Crippen molar-refractivity contribution in [3.8, 4) is 0 Å². The van der Waals surface area contributed by atoms with Crippen molar-refractivity contribution < 1.29 is 37.7 Å². The van der Waals surface area contributed by atoms with Crippen LogP contribution in [-0.4, -0.2) is 0 Å². The van der Waals surface area contributed by atoms with Gasteiger partial charge in [0.1, 0.15) is 0 Å². The minimum atomic E-state index is -0.0208. The Morgan fingerprint density at radius 1 is 0.472 bits per heavy atom. The molecule has 2 aliphatic rings.